The Labute approximate surface area is 174 Å². The van der Waals surface area contributed by atoms with Gasteiger partial charge < -0.3 is 14.8 Å². The van der Waals surface area contributed by atoms with Gasteiger partial charge in [0.05, 0.1) is 14.2 Å². The predicted octanol–water partition coefficient (Wildman–Crippen LogP) is 2.85. The first-order valence-electron chi connectivity index (χ1n) is 8.98. The Morgan fingerprint density at radius 2 is 1.30 bits per heavy atom. The molecule has 1 amide bonds. The smallest absolute Gasteiger partial charge is 0.354 e. The van der Waals surface area contributed by atoms with Gasteiger partial charge in [0, 0.05) is 23.1 Å². The van der Waals surface area contributed by atoms with Gasteiger partial charge in [-0.3, -0.25) is 9.59 Å². The molecule has 2 rings (SSSR count). The van der Waals surface area contributed by atoms with E-state index in [1.807, 2.05) is 0 Å². The van der Waals surface area contributed by atoms with Crippen LogP contribution in [0.25, 0.3) is 0 Å². The molecule has 7 nitrogen and oxygen atoms in total. The van der Waals surface area contributed by atoms with Crippen LogP contribution >= 0.6 is 0 Å². The number of carbonyl (C=O) groups is 4. The number of hydrogen-bond donors (Lipinski definition) is 1. The highest BCUT2D eigenvalue weighted by Gasteiger charge is 2.17. The summed E-state index contributed by atoms with van der Waals surface area (Å²) < 4.78 is 9.41. The monoisotopic (exact) mass is 407 g/mol. The van der Waals surface area contributed by atoms with Gasteiger partial charge >= 0.3 is 11.9 Å². The molecular weight excluding hydrogens is 386 g/mol. The van der Waals surface area contributed by atoms with Crippen molar-refractivity contribution >= 4 is 23.6 Å². The molecule has 2 aromatic rings. The Bertz CT molecular complexity index is 896. The zero-order valence-corrected chi connectivity index (χ0v) is 16.6. The van der Waals surface area contributed by atoms with Crippen molar-refractivity contribution in [1.82, 2.24) is 5.32 Å². The summed E-state index contributed by atoms with van der Waals surface area (Å²) in [6.45, 7) is 0. The first-order valence-corrected chi connectivity index (χ1v) is 8.98. The van der Waals surface area contributed by atoms with E-state index in [0.717, 1.165) is 7.11 Å². The lowest BCUT2D eigenvalue weighted by molar-refractivity contribution is -0.137. The van der Waals surface area contributed by atoms with Crippen molar-refractivity contribution < 1.29 is 28.7 Å². The molecule has 0 aliphatic rings. The average molecular weight is 407 g/mol. The second-order valence-electron chi connectivity index (χ2n) is 6.04. The van der Waals surface area contributed by atoms with Crippen molar-refractivity contribution in [2.45, 2.75) is 6.42 Å². The molecule has 0 saturated heterocycles. The summed E-state index contributed by atoms with van der Waals surface area (Å²) >= 11 is 0. The molecule has 1 N–H and O–H groups in total. The normalized spacial score (nSPS) is 11.4. The number of amides is 1. The van der Waals surface area contributed by atoms with Crippen LogP contribution in [0.2, 0.25) is 0 Å². The molecule has 0 fully saturated rings. The second kappa shape index (κ2) is 11.1. The van der Waals surface area contributed by atoms with Crippen LogP contribution < -0.4 is 5.32 Å². The van der Waals surface area contributed by atoms with Crippen molar-refractivity contribution in [3.63, 3.8) is 0 Å². The number of ether oxygens (including phenoxy) is 2. The Morgan fingerprint density at radius 1 is 0.767 bits per heavy atom. The summed E-state index contributed by atoms with van der Waals surface area (Å²) in [5.74, 6) is -2.36. The van der Waals surface area contributed by atoms with Crippen LogP contribution in [0.15, 0.2) is 84.1 Å². The van der Waals surface area contributed by atoms with Crippen molar-refractivity contribution in [3.05, 3.63) is 95.2 Å². The van der Waals surface area contributed by atoms with Gasteiger partial charge in [-0.2, -0.15) is 0 Å². The highest BCUT2D eigenvalue weighted by molar-refractivity contribution is 6.04. The molecule has 0 heterocycles. The molecule has 154 valence electrons. The Hall–Kier alpha value is -4.00. The van der Waals surface area contributed by atoms with E-state index in [1.165, 1.54) is 19.3 Å². The van der Waals surface area contributed by atoms with Crippen LogP contribution in [0.4, 0.5) is 0 Å². The molecular formula is C23H21NO6. The molecule has 0 atom stereocenters. The summed E-state index contributed by atoms with van der Waals surface area (Å²) in [6.07, 6.45) is 2.22. The molecule has 0 aliphatic heterocycles. The van der Waals surface area contributed by atoms with Crippen molar-refractivity contribution in [3.8, 4) is 0 Å². The summed E-state index contributed by atoms with van der Waals surface area (Å²) in [4.78, 5) is 48.9. The van der Waals surface area contributed by atoms with E-state index in [-0.39, 0.29) is 23.5 Å². The fourth-order valence-electron chi connectivity index (χ4n) is 2.47. The average Bonchev–Trinajstić information content (AvgIpc) is 2.80. The molecule has 2 aromatic carbocycles. The number of allylic oxidation sites excluding steroid dienone is 2. The van der Waals surface area contributed by atoms with Gasteiger partial charge in [0.25, 0.3) is 5.91 Å². The van der Waals surface area contributed by atoms with E-state index in [9.17, 15) is 19.2 Å². The first kappa shape index (κ1) is 22.3. The number of esters is 2. The minimum absolute atomic E-state index is 0.0155. The van der Waals surface area contributed by atoms with Crippen LogP contribution in [-0.2, 0) is 19.1 Å². The highest BCUT2D eigenvalue weighted by atomic mass is 16.5. The molecule has 0 radical (unpaired) electrons. The van der Waals surface area contributed by atoms with E-state index in [0.29, 0.717) is 11.1 Å². The standard InChI is InChI=1S/C23H21NO6/c1-29-22(27)18(15-20(25)16-9-5-3-6-10-16)13-14-19(23(28)30-2)24-21(26)17-11-7-4-8-12-17/h3-14H,15H2,1-2H3,(H,24,26)/b18-13-,19-14?. The minimum atomic E-state index is -0.811. The fourth-order valence-corrected chi connectivity index (χ4v) is 2.47. The number of benzene rings is 2. The van der Waals surface area contributed by atoms with Gasteiger partial charge in [0.2, 0.25) is 0 Å². The maximum absolute atomic E-state index is 12.4. The number of rotatable bonds is 8. The first-order chi connectivity index (χ1) is 14.5. The molecule has 0 aliphatic carbocycles. The lowest BCUT2D eigenvalue weighted by atomic mass is 10.0. The minimum Gasteiger partial charge on any atom is -0.466 e. The van der Waals surface area contributed by atoms with Gasteiger partial charge in [0.1, 0.15) is 5.70 Å². The molecule has 30 heavy (non-hydrogen) atoms. The van der Waals surface area contributed by atoms with Crippen molar-refractivity contribution in [2.24, 2.45) is 0 Å². The maximum Gasteiger partial charge on any atom is 0.354 e. The number of ketones is 1. The summed E-state index contributed by atoms with van der Waals surface area (Å²) in [5.41, 5.74) is 0.590. The maximum atomic E-state index is 12.4. The lowest BCUT2D eigenvalue weighted by Crippen LogP contribution is -2.28. The van der Waals surface area contributed by atoms with E-state index in [2.05, 4.69) is 10.1 Å². The second-order valence-corrected chi connectivity index (χ2v) is 6.04. The molecule has 0 unspecified atom stereocenters. The number of methoxy groups -OCH3 is 2. The number of Topliss-reactive ketones (excluding diaryl/α,β-unsaturated/α-hetero) is 1. The number of nitrogens with one attached hydrogen (secondary N) is 1. The molecule has 7 heteroatoms. The van der Waals surface area contributed by atoms with Gasteiger partial charge in [-0.1, -0.05) is 48.5 Å². The van der Waals surface area contributed by atoms with E-state index < -0.39 is 17.8 Å². The third kappa shape index (κ3) is 6.27. The molecule has 0 aromatic heterocycles. The lowest BCUT2D eigenvalue weighted by Gasteiger charge is -2.08. The summed E-state index contributed by atoms with van der Waals surface area (Å²) in [5, 5.41) is 2.45. The van der Waals surface area contributed by atoms with E-state index in [4.69, 9.17) is 4.74 Å². The van der Waals surface area contributed by atoms with Crippen LogP contribution in [0.1, 0.15) is 27.1 Å². The summed E-state index contributed by atoms with van der Waals surface area (Å²) in [7, 11) is 2.35. The Balaban J connectivity index is 2.29. The Kier molecular flexibility index (Phi) is 8.26. The van der Waals surface area contributed by atoms with Crippen molar-refractivity contribution in [1.29, 1.82) is 0 Å². The van der Waals surface area contributed by atoms with Crippen molar-refractivity contribution in [2.75, 3.05) is 14.2 Å². The van der Waals surface area contributed by atoms with Crippen LogP contribution in [-0.4, -0.2) is 37.8 Å². The third-order valence-electron chi connectivity index (χ3n) is 4.04. The number of hydrogen-bond acceptors (Lipinski definition) is 6. The fraction of sp³-hybridized carbons (Fsp3) is 0.130. The van der Waals surface area contributed by atoms with Gasteiger partial charge in [-0.25, -0.2) is 9.59 Å². The topological polar surface area (TPSA) is 98.8 Å². The Morgan fingerprint density at radius 3 is 1.83 bits per heavy atom. The van der Waals surface area contributed by atoms with Crippen LogP contribution in [0, 0.1) is 0 Å². The quantitative estimate of drug-likeness (QED) is 0.313. The molecule has 0 bridgehead atoms. The molecule has 0 spiro atoms. The van der Waals surface area contributed by atoms with Gasteiger partial charge in [-0.15, -0.1) is 0 Å². The third-order valence-corrected chi connectivity index (χ3v) is 4.04. The zero-order chi connectivity index (χ0) is 21.9. The van der Waals surface area contributed by atoms with E-state index in [1.54, 1.807) is 60.7 Å². The van der Waals surface area contributed by atoms with Gasteiger partial charge in [0.15, 0.2) is 5.78 Å². The summed E-state index contributed by atoms with van der Waals surface area (Å²) in [6, 6.07) is 16.7. The SMILES string of the molecule is COC(=O)C(=C/C=C(/CC(=O)c1ccccc1)C(=O)OC)NC(=O)c1ccccc1. The van der Waals surface area contributed by atoms with Crippen LogP contribution in [0.5, 0.6) is 0 Å². The van der Waals surface area contributed by atoms with Crippen LogP contribution in [0.3, 0.4) is 0 Å². The number of carbonyl (C=O) groups excluding carboxylic acids is 4. The van der Waals surface area contributed by atoms with E-state index >= 15 is 0 Å². The largest absolute Gasteiger partial charge is 0.466 e. The zero-order valence-electron chi connectivity index (χ0n) is 16.6. The van der Waals surface area contributed by atoms with Gasteiger partial charge in [-0.05, 0) is 24.3 Å². The molecule has 0 saturated carbocycles. The predicted molar refractivity (Wildman–Crippen MR) is 109 cm³/mol. The highest BCUT2D eigenvalue weighted by Crippen LogP contribution is 2.12.